The summed E-state index contributed by atoms with van der Waals surface area (Å²) in [4.78, 5) is 0. The average Bonchev–Trinajstić information content (AvgIpc) is 3.02. The van der Waals surface area contributed by atoms with E-state index in [0.29, 0.717) is 0 Å². The van der Waals surface area contributed by atoms with Crippen molar-refractivity contribution in [2.75, 3.05) is 0 Å². The van der Waals surface area contributed by atoms with Crippen LogP contribution in [0.3, 0.4) is 0 Å². The molecule has 1 aromatic heterocycles. The predicted molar refractivity (Wildman–Crippen MR) is 116 cm³/mol. The number of allylic oxidation sites excluding steroid dienone is 1. The van der Waals surface area contributed by atoms with E-state index >= 15 is 0 Å². The van der Waals surface area contributed by atoms with E-state index in [-0.39, 0.29) is 0 Å². The van der Waals surface area contributed by atoms with Crippen molar-refractivity contribution in [1.82, 2.24) is 0 Å². The monoisotopic (exact) mass is 372 g/mol. The summed E-state index contributed by atoms with van der Waals surface area (Å²) in [5.41, 5.74) is 6.61. The third kappa shape index (κ3) is 3.43. The van der Waals surface area contributed by atoms with Gasteiger partial charge in [-0.1, -0.05) is 67.1 Å². The van der Waals surface area contributed by atoms with Crippen LogP contribution in [0.5, 0.6) is 0 Å². The van der Waals surface area contributed by atoms with Gasteiger partial charge in [0.2, 0.25) is 0 Å². The summed E-state index contributed by atoms with van der Waals surface area (Å²) in [7, 11) is 0. The molecule has 0 aliphatic rings. The molecule has 0 amide bonds. The van der Waals surface area contributed by atoms with Crippen molar-refractivity contribution >= 4 is 28.6 Å². The molecule has 0 bridgehead atoms. The second kappa shape index (κ2) is 7.46. The van der Waals surface area contributed by atoms with Crippen LogP contribution >= 0.6 is 11.6 Å². The Hall–Kier alpha value is -2.77. The first-order chi connectivity index (χ1) is 13.2. The molecule has 27 heavy (non-hydrogen) atoms. The summed E-state index contributed by atoms with van der Waals surface area (Å²) in [6, 6.07) is 22.8. The summed E-state index contributed by atoms with van der Waals surface area (Å²) < 4.78 is 6.24. The second-order valence-electron chi connectivity index (χ2n) is 6.68. The highest BCUT2D eigenvalue weighted by Crippen LogP contribution is 2.39. The van der Waals surface area contributed by atoms with E-state index in [1.807, 2.05) is 24.3 Å². The summed E-state index contributed by atoms with van der Waals surface area (Å²) in [6.07, 6.45) is 5.17. The number of hydrogen-bond acceptors (Lipinski definition) is 1. The third-order valence-electron chi connectivity index (χ3n) is 4.81. The Balaban J connectivity index is 2.02. The Bertz CT molecular complexity index is 1120. The van der Waals surface area contributed by atoms with Crippen molar-refractivity contribution in [1.29, 1.82) is 0 Å². The van der Waals surface area contributed by atoms with Crippen LogP contribution in [0.25, 0.3) is 39.3 Å². The third-order valence-corrected chi connectivity index (χ3v) is 5.05. The lowest BCUT2D eigenvalue weighted by molar-refractivity contribution is 0.601. The highest BCUT2D eigenvalue weighted by atomic mass is 35.5. The van der Waals surface area contributed by atoms with Gasteiger partial charge in [-0.3, -0.25) is 0 Å². The van der Waals surface area contributed by atoms with Gasteiger partial charge in [-0.2, -0.15) is 0 Å². The van der Waals surface area contributed by atoms with Crippen molar-refractivity contribution in [3.8, 4) is 22.3 Å². The van der Waals surface area contributed by atoms with Crippen LogP contribution in [0, 0.1) is 6.92 Å². The molecule has 2 heteroatoms. The van der Waals surface area contributed by atoms with Gasteiger partial charge < -0.3 is 4.42 Å². The number of aryl methyl sites for hydroxylation is 1. The first-order valence-electron chi connectivity index (χ1n) is 9.22. The zero-order valence-electron chi connectivity index (χ0n) is 15.5. The Labute approximate surface area is 164 Å². The number of rotatable bonds is 4. The van der Waals surface area contributed by atoms with Gasteiger partial charge in [-0.25, -0.2) is 0 Å². The molecule has 1 heterocycles. The maximum Gasteiger partial charge on any atom is 0.136 e. The van der Waals surface area contributed by atoms with Crippen molar-refractivity contribution in [2.24, 2.45) is 0 Å². The van der Waals surface area contributed by atoms with Crippen molar-refractivity contribution < 1.29 is 4.42 Å². The number of benzene rings is 3. The van der Waals surface area contributed by atoms with Gasteiger partial charge in [0.25, 0.3) is 0 Å². The van der Waals surface area contributed by atoms with Crippen LogP contribution in [0.1, 0.15) is 24.7 Å². The molecule has 1 nitrogen and oxygen atoms in total. The predicted octanol–water partition coefficient (Wildman–Crippen LogP) is 8.15. The zero-order valence-corrected chi connectivity index (χ0v) is 16.3. The maximum absolute atomic E-state index is 6.28. The average molecular weight is 373 g/mol. The quantitative estimate of drug-likeness (QED) is 0.352. The largest absolute Gasteiger partial charge is 0.456 e. The van der Waals surface area contributed by atoms with E-state index < -0.39 is 0 Å². The minimum atomic E-state index is 0.734. The molecule has 0 spiro atoms. The van der Waals surface area contributed by atoms with Gasteiger partial charge in [0, 0.05) is 16.0 Å². The molecule has 4 aromatic rings. The Morgan fingerprint density at radius 2 is 1.67 bits per heavy atom. The molecule has 0 saturated heterocycles. The molecule has 0 unspecified atom stereocenters. The normalized spacial score (nSPS) is 11.5. The molecule has 0 saturated carbocycles. The van der Waals surface area contributed by atoms with E-state index in [2.05, 4.69) is 68.5 Å². The van der Waals surface area contributed by atoms with Gasteiger partial charge in [-0.05, 0) is 65.9 Å². The number of hydrogen-bond donors (Lipinski definition) is 0. The highest BCUT2D eigenvalue weighted by molar-refractivity contribution is 6.31. The number of fused-ring (bicyclic) bond motifs is 1. The molecular formula is C25H21ClO. The molecule has 0 aliphatic carbocycles. The minimum absolute atomic E-state index is 0.734. The minimum Gasteiger partial charge on any atom is -0.456 e. The second-order valence-corrected chi connectivity index (χ2v) is 7.11. The summed E-state index contributed by atoms with van der Waals surface area (Å²) in [5, 5.41) is 1.88. The SMILES string of the molecule is CC/C=C\c1oc2cc(-c3ccccc3)cc(-c3cccc(Cl)c3)c2c1C. The van der Waals surface area contributed by atoms with Crippen molar-refractivity contribution in [2.45, 2.75) is 20.3 Å². The van der Waals surface area contributed by atoms with Gasteiger partial charge in [0.1, 0.15) is 11.3 Å². The first kappa shape index (κ1) is 17.6. The van der Waals surface area contributed by atoms with Crippen LogP contribution in [-0.2, 0) is 0 Å². The van der Waals surface area contributed by atoms with Crippen molar-refractivity contribution in [3.63, 3.8) is 0 Å². The molecule has 0 atom stereocenters. The summed E-state index contributed by atoms with van der Waals surface area (Å²) in [6.45, 7) is 4.25. The van der Waals surface area contributed by atoms with Crippen LogP contribution in [0.4, 0.5) is 0 Å². The highest BCUT2D eigenvalue weighted by Gasteiger charge is 2.16. The molecule has 0 N–H and O–H groups in total. The molecular weight excluding hydrogens is 352 g/mol. The van der Waals surface area contributed by atoms with E-state index in [1.54, 1.807) is 0 Å². The first-order valence-corrected chi connectivity index (χ1v) is 9.60. The molecule has 0 radical (unpaired) electrons. The van der Waals surface area contributed by atoms with Gasteiger partial charge >= 0.3 is 0 Å². The van der Waals surface area contributed by atoms with E-state index in [9.17, 15) is 0 Å². The lowest BCUT2D eigenvalue weighted by atomic mass is 9.94. The Kier molecular flexibility index (Phi) is 4.87. The summed E-state index contributed by atoms with van der Waals surface area (Å²) >= 11 is 6.28. The number of furan rings is 1. The van der Waals surface area contributed by atoms with Gasteiger partial charge in [0.15, 0.2) is 0 Å². The van der Waals surface area contributed by atoms with Crippen LogP contribution in [-0.4, -0.2) is 0 Å². The van der Waals surface area contributed by atoms with Gasteiger partial charge in [0.05, 0.1) is 0 Å². The fourth-order valence-corrected chi connectivity index (χ4v) is 3.66. The fourth-order valence-electron chi connectivity index (χ4n) is 3.47. The molecule has 3 aromatic carbocycles. The number of halogens is 1. The maximum atomic E-state index is 6.28. The fraction of sp³-hybridized carbons (Fsp3) is 0.120. The van der Waals surface area contributed by atoms with Crippen LogP contribution in [0.2, 0.25) is 5.02 Å². The smallest absolute Gasteiger partial charge is 0.136 e. The van der Waals surface area contributed by atoms with E-state index in [4.69, 9.17) is 16.0 Å². The van der Waals surface area contributed by atoms with Crippen molar-refractivity contribution in [3.05, 3.63) is 89.2 Å². The molecule has 134 valence electrons. The molecule has 0 fully saturated rings. The topological polar surface area (TPSA) is 13.1 Å². The van der Waals surface area contributed by atoms with Crippen LogP contribution < -0.4 is 0 Å². The zero-order chi connectivity index (χ0) is 18.8. The Morgan fingerprint density at radius 1 is 0.889 bits per heavy atom. The lowest BCUT2D eigenvalue weighted by Crippen LogP contribution is -1.85. The van der Waals surface area contributed by atoms with Gasteiger partial charge in [-0.15, -0.1) is 0 Å². The molecule has 0 aliphatic heterocycles. The molecule has 4 rings (SSSR count). The summed E-state index contributed by atoms with van der Waals surface area (Å²) in [5.74, 6) is 0.917. The van der Waals surface area contributed by atoms with E-state index in [0.717, 1.165) is 50.4 Å². The Morgan fingerprint density at radius 3 is 2.41 bits per heavy atom. The lowest BCUT2D eigenvalue weighted by Gasteiger charge is -2.09. The van der Waals surface area contributed by atoms with E-state index in [1.165, 1.54) is 5.56 Å². The standard InChI is InChI=1S/C25H21ClO/c1-3-4-13-23-17(2)25-22(19-11-8-12-21(26)14-19)15-20(16-24(25)27-23)18-9-6-5-7-10-18/h4-16H,3H2,1-2H3/b13-4-. The van der Waals surface area contributed by atoms with Crippen LogP contribution in [0.15, 0.2) is 77.2 Å².